The number of halogens is 1. The zero-order chi connectivity index (χ0) is 22.9. The highest BCUT2D eigenvalue weighted by atomic mass is 19.1. The Morgan fingerprint density at radius 3 is 2.47 bits per heavy atom. The van der Waals surface area contributed by atoms with Crippen molar-refractivity contribution in [1.29, 1.82) is 0 Å². The van der Waals surface area contributed by atoms with Crippen molar-refractivity contribution >= 4 is 17.3 Å². The van der Waals surface area contributed by atoms with Crippen LogP contribution in [0, 0.1) is 5.82 Å². The maximum Gasteiger partial charge on any atom is 0.251 e. The molecular formula is C25H25FN4O2. The minimum absolute atomic E-state index is 0.200. The first-order chi connectivity index (χ1) is 15.5. The van der Waals surface area contributed by atoms with E-state index < -0.39 is 5.82 Å². The fraction of sp³-hybridized carbons (Fsp3) is 0.0800. The molecule has 0 aliphatic carbocycles. The molecule has 0 unspecified atom stereocenters. The molecule has 0 aromatic heterocycles. The van der Waals surface area contributed by atoms with Gasteiger partial charge in [0.05, 0.1) is 7.11 Å². The average molecular weight is 432 g/mol. The lowest BCUT2D eigenvalue weighted by atomic mass is 10.1. The number of amides is 1. The van der Waals surface area contributed by atoms with Crippen LogP contribution in [0.5, 0.6) is 5.75 Å². The van der Waals surface area contributed by atoms with Gasteiger partial charge in [-0.2, -0.15) is 0 Å². The maximum atomic E-state index is 13.3. The summed E-state index contributed by atoms with van der Waals surface area (Å²) in [6.45, 7) is 0.200. The number of nitrogens with two attached hydrogens (primary N) is 2. The summed E-state index contributed by atoms with van der Waals surface area (Å²) in [5, 5.41) is 5.85. The smallest absolute Gasteiger partial charge is 0.251 e. The molecule has 0 fully saturated rings. The first-order valence-electron chi connectivity index (χ1n) is 9.92. The van der Waals surface area contributed by atoms with Crippen molar-refractivity contribution < 1.29 is 13.9 Å². The van der Waals surface area contributed by atoms with Gasteiger partial charge in [-0.05, 0) is 42.0 Å². The lowest BCUT2D eigenvalue weighted by Crippen LogP contribution is -2.23. The number of methoxy groups -OCH3 is 1. The van der Waals surface area contributed by atoms with E-state index in [9.17, 15) is 9.18 Å². The molecule has 6 nitrogen and oxygen atoms in total. The number of allylic oxidation sites excluding steroid dienone is 2. The third-order valence-corrected chi connectivity index (χ3v) is 4.65. The predicted octanol–water partition coefficient (Wildman–Crippen LogP) is 3.98. The summed E-state index contributed by atoms with van der Waals surface area (Å²) in [6, 6.07) is 20.6. The van der Waals surface area contributed by atoms with Crippen LogP contribution >= 0.6 is 0 Å². The average Bonchev–Trinajstić information content (AvgIpc) is 2.82. The van der Waals surface area contributed by atoms with Crippen LogP contribution in [0.15, 0.2) is 90.8 Å². The summed E-state index contributed by atoms with van der Waals surface area (Å²) >= 11 is 0. The normalized spacial score (nSPS) is 11.7. The van der Waals surface area contributed by atoms with E-state index in [1.165, 1.54) is 19.2 Å². The van der Waals surface area contributed by atoms with E-state index in [0.717, 1.165) is 5.56 Å². The van der Waals surface area contributed by atoms with Gasteiger partial charge in [-0.3, -0.25) is 4.79 Å². The van der Waals surface area contributed by atoms with E-state index in [0.29, 0.717) is 34.1 Å². The number of benzene rings is 3. The third kappa shape index (κ3) is 6.12. The van der Waals surface area contributed by atoms with E-state index in [-0.39, 0.29) is 12.5 Å². The first-order valence-corrected chi connectivity index (χ1v) is 9.92. The van der Waals surface area contributed by atoms with Crippen LogP contribution in [0.25, 0.3) is 5.70 Å². The predicted molar refractivity (Wildman–Crippen MR) is 125 cm³/mol. The van der Waals surface area contributed by atoms with E-state index in [4.69, 9.17) is 16.2 Å². The number of carbonyl (C=O) groups is 1. The van der Waals surface area contributed by atoms with Crippen LogP contribution < -0.4 is 26.8 Å². The highest BCUT2D eigenvalue weighted by molar-refractivity contribution is 5.95. The minimum atomic E-state index is -0.401. The summed E-state index contributed by atoms with van der Waals surface area (Å²) in [5.74, 6) is 0.0662. The highest BCUT2D eigenvalue weighted by Crippen LogP contribution is 2.19. The molecule has 0 heterocycles. The second-order valence-corrected chi connectivity index (χ2v) is 6.95. The molecule has 3 rings (SSSR count). The Morgan fingerprint density at radius 2 is 1.72 bits per heavy atom. The van der Waals surface area contributed by atoms with E-state index >= 15 is 0 Å². The zero-order valence-electron chi connectivity index (χ0n) is 17.6. The number of nitrogens with one attached hydrogen (secondary N) is 2. The summed E-state index contributed by atoms with van der Waals surface area (Å²) in [4.78, 5) is 12.6. The molecule has 7 heteroatoms. The lowest BCUT2D eigenvalue weighted by Gasteiger charge is -2.11. The summed E-state index contributed by atoms with van der Waals surface area (Å²) < 4.78 is 18.5. The SMILES string of the molecule is COc1cc(F)ccc1CNC(=O)c1cccc(N/C(N)=C/C=C(\N)c2ccccc2)c1. The van der Waals surface area contributed by atoms with Crippen molar-refractivity contribution in [2.24, 2.45) is 11.5 Å². The molecule has 0 spiro atoms. The van der Waals surface area contributed by atoms with Crippen LogP contribution in [0.4, 0.5) is 10.1 Å². The zero-order valence-corrected chi connectivity index (χ0v) is 17.6. The summed E-state index contributed by atoms with van der Waals surface area (Å²) in [6.07, 6.45) is 3.38. The monoisotopic (exact) mass is 432 g/mol. The van der Waals surface area contributed by atoms with Gasteiger partial charge in [0.25, 0.3) is 5.91 Å². The van der Waals surface area contributed by atoms with Gasteiger partial charge in [0.1, 0.15) is 17.4 Å². The molecule has 3 aromatic rings. The Morgan fingerprint density at radius 1 is 0.969 bits per heavy atom. The Hall–Kier alpha value is -4.26. The molecular weight excluding hydrogens is 407 g/mol. The first kappa shape index (κ1) is 22.4. The molecule has 0 aliphatic heterocycles. The van der Waals surface area contributed by atoms with Crippen molar-refractivity contribution in [2.75, 3.05) is 12.4 Å². The number of carbonyl (C=O) groups excluding carboxylic acids is 1. The maximum absolute atomic E-state index is 13.3. The van der Waals surface area contributed by atoms with Crippen molar-refractivity contribution in [3.8, 4) is 5.75 Å². The second kappa shape index (κ2) is 10.7. The molecule has 1 amide bonds. The largest absolute Gasteiger partial charge is 0.496 e. The van der Waals surface area contributed by atoms with Gasteiger partial charge < -0.3 is 26.8 Å². The fourth-order valence-corrected chi connectivity index (χ4v) is 2.99. The van der Waals surface area contributed by atoms with Crippen LogP contribution in [-0.4, -0.2) is 13.0 Å². The number of hydrogen-bond acceptors (Lipinski definition) is 5. The van der Waals surface area contributed by atoms with Gasteiger partial charge in [-0.1, -0.05) is 42.5 Å². The number of anilines is 1. The third-order valence-electron chi connectivity index (χ3n) is 4.65. The molecule has 164 valence electrons. The molecule has 0 bridgehead atoms. The van der Waals surface area contributed by atoms with Gasteiger partial charge in [0.15, 0.2) is 0 Å². The standard InChI is InChI=1S/C25H25FN4O2/c1-32-23-15-20(26)11-10-19(23)16-29-25(31)18-8-5-9-21(14-18)30-24(28)13-12-22(27)17-6-3-2-4-7-17/h2-15,30H,16,27-28H2,1H3,(H,29,31)/b22-12-,24-13+. The molecule has 0 aliphatic rings. The number of rotatable bonds is 8. The van der Waals surface area contributed by atoms with Crippen molar-refractivity contribution in [1.82, 2.24) is 5.32 Å². The van der Waals surface area contributed by atoms with Crippen LogP contribution in [0.3, 0.4) is 0 Å². The van der Waals surface area contributed by atoms with Crippen molar-refractivity contribution in [3.05, 3.63) is 113 Å². The number of ether oxygens (including phenoxy) is 1. The summed E-state index contributed by atoms with van der Waals surface area (Å²) in [7, 11) is 1.45. The van der Waals surface area contributed by atoms with E-state index in [1.807, 2.05) is 30.3 Å². The van der Waals surface area contributed by atoms with Crippen LogP contribution in [0.1, 0.15) is 21.5 Å². The fourth-order valence-electron chi connectivity index (χ4n) is 2.99. The second-order valence-electron chi connectivity index (χ2n) is 6.95. The number of hydrogen-bond donors (Lipinski definition) is 4. The minimum Gasteiger partial charge on any atom is -0.496 e. The quantitative estimate of drug-likeness (QED) is 0.403. The Kier molecular flexibility index (Phi) is 7.48. The van der Waals surface area contributed by atoms with Gasteiger partial charge in [0.2, 0.25) is 0 Å². The molecule has 0 radical (unpaired) electrons. The Bertz CT molecular complexity index is 1140. The van der Waals surface area contributed by atoms with Gasteiger partial charge in [-0.25, -0.2) is 4.39 Å². The molecule has 6 N–H and O–H groups in total. The molecule has 0 saturated heterocycles. The lowest BCUT2D eigenvalue weighted by molar-refractivity contribution is 0.0950. The van der Waals surface area contributed by atoms with Gasteiger partial charge in [-0.15, -0.1) is 0 Å². The van der Waals surface area contributed by atoms with Crippen molar-refractivity contribution in [2.45, 2.75) is 6.54 Å². The Labute approximate surface area is 186 Å². The molecule has 0 atom stereocenters. The summed E-state index contributed by atoms with van der Waals surface area (Å²) in [5.41, 5.74) is 15.4. The van der Waals surface area contributed by atoms with Crippen LogP contribution in [-0.2, 0) is 6.54 Å². The van der Waals surface area contributed by atoms with Gasteiger partial charge in [0, 0.05) is 35.1 Å². The molecule has 32 heavy (non-hydrogen) atoms. The van der Waals surface area contributed by atoms with Gasteiger partial charge >= 0.3 is 0 Å². The topological polar surface area (TPSA) is 102 Å². The van der Waals surface area contributed by atoms with Crippen molar-refractivity contribution in [3.63, 3.8) is 0 Å². The Balaban J connectivity index is 1.64. The molecule has 3 aromatic carbocycles. The van der Waals surface area contributed by atoms with E-state index in [1.54, 1.807) is 42.5 Å². The van der Waals surface area contributed by atoms with E-state index in [2.05, 4.69) is 10.6 Å². The highest BCUT2D eigenvalue weighted by Gasteiger charge is 2.09. The van der Waals surface area contributed by atoms with Crippen LogP contribution in [0.2, 0.25) is 0 Å². The molecule has 0 saturated carbocycles.